The van der Waals surface area contributed by atoms with Crippen molar-refractivity contribution < 1.29 is 19.6 Å². The molecule has 0 aliphatic rings. The van der Waals surface area contributed by atoms with Gasteiger partial charge in [0.2, 0.25) is 0 Å². The van der Waals surface area contributed by atoms with E-state index < -0.39 is 10.8 Å². The number of rotatable bonds is 5. The number of phenolic OH excluding ortho intramolecular Hbond substituents is 1. The first-order valence-electron chi connectivity index (χ1n) is 6.98. The number of nitrogens with one attached hydrogen (secondary N) is 1. The molecule has 0 spiro atoms. The Morgan fingerprint density at radius 3 is 2.76 bits per heavy atom. The van der Waals surface area contributed by atoms with Crippen LogP contribution in [0.2, 0.25) is 0 Å². The van der Waals surface area contributed by atoms with Gasteiger partial charge in [-0.1, -0.05) is 6.07 Å². The van der Waals surface area contributed by atoms with Crippen molar-refractivity contribution in [2.75, 3.05) is 7.11 Å². The highest BCUT2D eigenvalue weighted by Crippen LogP contribution is 2.31. The van der Waals surface area contributed by atoms with Gasteiger partial charge in [-0.3, -0.25) is 14.9 Å². The summed E-state index contributed by atoms with van der Waals surface area (Å²) in [5.41, 5.74) is 3.37. The Hall–Kier alpha value is -2.94. The summed E-state index contributed by atoms with van der Waals surface area (Å²) in [4.78, 5) is 22.4. The van der Waals surface area contributed by atoms with Gasteiger partial charge in [0.1, 0.15) is 11.5 Å². The van der Waals surface area contributed by atoms with Crippen molar-refractivity contribution in [3.8, 4) is 11.5 Å². The van der Waals surface area contributed by atoms with Crippen LogP contribution in [-0.2, 0) is 0 Å². The fourth-order valence-corrected chi connectivity index (χ4v) is 2.48. The number of nitro groups is 1. The third-order valence-electron chi connectivity index (χ3n) is 3.26. The molecular weight excluding hydrogens is 394 g/mol. The highest BCUT2D eigenvalue weighted by molar-refractivity contribution is 9.10. The van der Waals surface area contributed by atoms with Crippen LogP contribution >= 0.6 is 15.9 Å². The van der Waals surface area contributed by atoms with Crippen molar-refractivity contribution in [1.29, 1.82) is 0 Å². The summed E-state index contributed by atoms with van der Waals surface area (Å²) in [5, 5.41) is 24.5. The van der Waals surface area contributed by atoms with E-state index >= 15 is 0 Å². The molecule has 0 unspecified atom stereocenters. The molecule has 0 aliphatic heterocycles. The first-order chi connectivity index (χ1) is 11.8. The number of amides is 1. The van der Waals surface area contributed by atoms with Crippen LogP contribution in [0.1, 0.15) is 21.5 Å². The van der Waals surface area contributed by atoms with Gasteiger partial charge < -0.3 is 9.84 Å². The van der Waals surface area contributed by atoms with E-state index in [1.807, 2.05) is 6.92 Å². The van der Waals surface area contributed by atoms with Crippen LogP contribution in [0.15, 0.2) is 39.9 Å². The summed E-state index contributed by atoms with van der Waals surface area (Å²) in [6.45, 7) is 1.87. The van der Waals surface area contributed by atoms with Gasteiger partial charge in [-0.05, 0) is 40.5 Å². The lowest BCUT2D eigenvalue weighted by molar-refractivity contribution is -0.385. The van der Waals surface area contributed by atoms with Crippen molar-refractivity contribution in [2.24, 2.45) is 5.10 Å². The lowest BCUT2D eigenvalue weighted by atomic mass is 10.1. The van der Waals surface area contributed by atoms with Crippen LogP contribution in [0.3, 0.4) is 0 Å². The van der Waals surface area contributed by atoms with E-state index in [0.717, 1.165) is 17.8 Å². The number of hydrogen-bond donors (Lipinski definition) is 2. The second-order valence-electron chi connectivity index (χ2n) is 5.03. The Kier molecular flexibility index (Phi) is 5.71. The molecule has 2 N–H and O–H groups in total. The van der Waals surface area contributed by atoms with Gasteiger partial charge in [0.15, 0.2) is 0 Å². The van der Waals surface area contributed by atoms with Crippen LogP contribution in [0.25, 0.3) is 0 Å². The zero-order valence-electron chi connectivity index (χ0n) is 13.3. The molecule has 0 aromatic heterocycles. The number of benzene rings is 2. The Morgan fingerprint density at radius 2 is 2.12 bits per heavy atom. The number of methoxy groups -OCH3 is 1. The molecule has 0 bridgehead atoms. The first kappa shape index (κ1) is 18.4. The standard InChI is InChI=1S/C16H14BrN3O5/c1-9-3-4-12(14(5-9)25-2)16(22)19-18-8-10-6-11(20(23)24)7-13(17)15(10)21/h3-8,21H,1-2H3,(H,19,22)/b18-8-. The first-order valence-corrected chi connectivity index (χ1v) is 7.77. The maximum Gasteiger partial charge on any atom is 0.275 e. The van der Waals surface area contributed by atoms with Crippen LogP contribution in [-0.4, -0.2) is 29.3 Å². The molecular formula is C16H14BrN3O5. The number of carbonyl (C=O) groups is 1. The van der Waals surface area contributed by atoms with Crippen molar-refractivity contribution >= 4 is 33.7 Å². The normalized spacial score (nSPS) is 10.7. The fraction of sp³-hybridized carbons (Fsp3) is 0.125. The number of aromatic hydroxyl groups is 1. The summed E-state index contributed by atoms with van der Waals surface area (Å²) < 4.78 is 5.30. The summed E-state index contributed by atoms with van der Waals surface area (Å²) in [6, 6.07) is 7.37. The molecule has 0 heterocycles. The van der Waals surface area contributed by atoms with Crippen molar-refractivity contribution in [3.63, 3.8) is 0 Å². The molecule has 0 saturated heterocycles. The smallest absolute Gasteiger partial charge is 0.275 e. The maximum atomic E-state index is 12.2. The third kappa shape index (κ3) is 4.32. The molecule has 2 rings (SSSR count). The Bertz CT molecular complexity index is 867. The van der Waals surface area contributed by atoms with Crippen LogP contribution in [0, 0.1) is 17.0 Å². The largest absolute Gasteiger partial charge is 0.506 e. The number of halogens is 1. The number of phenols is 1. The number of hydrogen-bond acceptors (Lipinski definition) is 6. The number of ether oxygens (including phenoxy) is 1. The minimum Gasteiger partial charge on any atom is -0.506 e. The molecule has 130 valence electrons. The van der Waals surface area contributed by atoms with E-state index in [-0.39, 0.29) is 27.0 Å². The molecule has 25 heavy (non-hydrogen) atoms. The lowest BCUT2D eigenvalue weighted by Crippen LogP contribution is -2.18. The molecule has 1 amide bonds. The van der Waals surface area contributed by atoms with E-state index in [1.165, 1.54) is 13.2 Å². The van der Waals surface area contributed by atoms with Gasteiger partial charge in [-0.15, -0.1) is 0 Å². The minimum atomic E-state index is -0.600. The summed E-state index contributed by atoms with van der Waals surface area (Å²) in [7, 11) is 1.45. The van der Waals surface area contributed by atoms with Gasteiger partial charge in [-0.25, -0.2) is 5.43 Å². The Morgan fingerprint density at radius 1 is 1.40 bits per heavy atom. The predicted octanol–water partition coefficient (Wildman–Crippen LogP) is 3.14. The third-order valence-corrected chi connectivity index (χ3v) is 3.86. The van der Waals surface area contributed by atoms with E-state index in [9.17, 15) is 20.0 Å². The molecule has 0 atom stereocenters. The Balaban J connectivity index is 2.21. The topological polar surface area (TPSA) is 114 Å². The monoisotopic (exact) mass is 407 g/mol. The SMILES string of the molecule is COc1cc(C)ccc1C(=O)N/N=C\c1cc([N+](=O)[O-])cc(Br)c1O. The quantitative estimate of drug-likeness (QED) is 0.448. The molecule has 9 heteroatoms. The van der Waals surface area contributed by atoms with Gasteiger partial charge in [0.25, 0.3) is 11.6 Å². The molecule has 0 aliphatic carbocycles. The molecule has 0 radical (unpaired) electrons. The number of hydrazone groups is 1. The molecule has 2 aromatic rings. The van der Waals surface area contributed by atoms with Gasteiger partial charge >= 0.3 is 0 Å². The molecule has 0 fully saturated rings. The van der Waals surface area contributed by atoms with E-state index in [2.05, 4.69) is 26.5 Å². The minimum absolute atomic E-state index is 0.0808. The number of aryl methyl sites for hydroxylation is 1. The van der Waals surface area contributed by atoms with Crippen LogP contribution in [0.4, 0.5) is 5.69 Å². The molecule has 0 saturated carbocycles. The van der Waals surface area contributed by atoms with Gasteiger partial charge in [0, 0.05) is 17.7 Å². The highest BCUT2D eigenvalue weighted by Gasteiger charge is 2.14. The van der Waals surface area contributed by atoms with Crippen molar-refractivity contribution in [1.82, 2.24) is 5.43 Å². The number of carbonyl (C=O) groups excluding carboxylic acids is 1. The summed E-state index contributed by atoms with van der Waals surface area (Å²) in [5.74, 6) is -0.345. The van der Waals surface area contributed by atoms with Crippen molar-refractivity contribution in [3.05, 3.63) is 61.6 Å². The van der Waals surface area contributed by atoms with E-state index in [0.29, 0.717) is 5.75 Å². The Labute approximate surface area is 151 Å². The van der Waals surface area contributed by atoms with Crippen LogP contribution in [0.5, 0.6) is 11.5 Å². The average Bonchev–Trinajstić information content (AvgIpc) is 2.57. The lowest BCUT2D eigenvalue weighted by Gasteiger charge is -2.08. The van der Waals surface area contributed by atoms with Crippen LogP contribution < -0.4 is 10.2 Å². The molecule has 8 nitrogen and oxygen atoms in total. The second kappa shape index (κ2) is 7.75. The number of nitro benzene ring substituents is 1. The van der Waals surface area contributed by atoms with Gasteiger partial charge in [0.05, 0.1) is 28.3 Å². The van der Waals surface area contributed by atoms with E-state index in [4.69, 9.17) is 4.74 Å². The zero-order chi connectivity index (χ0) is 18.6. The second-order valence-corrected chi connectivity index (χ2v) is 5.88. The number of non-ortho nitro benzene ring substituents is 1. The average molecular weight is 408 g/mol. The fourth-order valence-electron chi connectivity index (χ4n) is 2.02. The summed E-state index contributed by atoms with van der Waals surface area (Å²) >= 11 is 3.03. The van der Waals surface area contributed by atoms with Gasteiger partial charge in [-0.2, -0.15) is 5.10 Å². The zero-order valence-corrected chi connectivity index (χ0v) is 14.9. The maximum absolute atomic E-state index is 12.2. The predicted molar refractivity (Wildman–Crippen MR) is 95.3 cm³/mol. The molecule has 2 aromatic carbocycles. The van der Waals surface area contributed by atoms with E-state index in [1.54, 1.807) is 18.2 Å². The summed E-state index contributed by atoms with van der Waals surface area (Å²) in [6.07, 6.45) is 1.12. The number of nitrogens with zero attached hydrogens (tertiary/aromatic N) is 2. The van der Waals surface area contributed by atoms with Crippen molar-refractivity contribution in [2.45, 2.75) is 6.92 Å². The highest BCUT2D eigenvalue weighted by atomic mass is 79.9.